The molecule has 0 aromatic rings. The minimum Gasteiger partial charge on any atom is -0.390 e. The minimum atomic E-state index is -1.47. The number of aliphatic hydroxyl groups is 2. The van der Waals surface area contributed by atoms with Gasteiger partial charge in [-0.15, -0.1) is 0 Å². The average Bonchev–Trinajstić information content (AvgIpc) is 2.34. The summed E-state index contributed by atoms with van der Waals surface area (Å²) in [7, 11) is 0. The maximum Gasteiger partial charge on any atom is 0.182 e. The molecule has 0 aliphatic heterocycles. The molecule has 0 heterocycles. The maximum absolute atomic E-state index is 12.5. The lowest BCUT2D eigenvalue weighted by Gasteiger charge is -2.57. The molecule has 0 spiro atoms. The lowest BCUT2D eigenvalue weighted by molar-refractivity contribution is -0.318. The van der Waals surface area contributed by atoms with Crippen molar-refractivity contribution in [1.29, 1.82) is 0 Å². The highest BCUT2D eigenvalue weighted by atomic mass is 17.1. The van der Waals surface area contributed by atoms with Crippen molar-refractivity contribution in [1.82, 2.24) is 0 Å². The van der Waals surface area contributed by atoms with Crippen LogP contribution in [0.1, 0.15) is 46.5 Å². The van der Waals surface area contributed by atoms with E-state index in [1.54, 1.807) is 13.8 Å². The predicted octanol–water partition coefficient (Wildman–Crippen LogP) is 1.68. The Morgan fingerprint density at radius 1 is 1.45 bits per heavy atom. The molecule has 0 radical (unpaired) electrons. The molecule has 0 aromatic heterocycles. The quantitative estimate of drug-likeness (QED) is 0.408. The van der Waals surface area contributed by atoms with Gasteiger partial charge >= 0.3 is 0 Å². The van der Waals surface area contributed by atoms with Crippen molar-refractivity contribution in [2.75, 3.05) is 0 Å². The van der Waals surface area contributed by atoms with Crippen molar-refractivity contribution in [2.45, 2.75) is 63.8 Å². The number of ketones is 1. The van der Waals surface area contributed by atoms with Gasteiger partial charge in [0.05, 0.1) is 11.7 Å². The van der Waals surface area contributed by atoms with Crippen LogP contribution >= 0.6 is 0 Å². The van der Waals surface area contributed by atoms with E-state index < -0.39 is 22.7 Å². The number of rotatable bonds is 2. The second-order valence-electron chi connectivity index (χ2n) is 6.99. The summed E-state index contributed by atoms with van der Waals surface area (Å²) in [6, 6.07) is 0. The highest BCUT2D eigenvalue weighted by Gasteiger charge is 2.62. The number of fused-ring (bicyclic) bond motifs is 1. The zero-order chi connectivity index (χ0) is 15.3. The van der Waals surface area contributed by atoms with Gasteiger partial charge in [0.2, 0.25) is 0 Å². The third-order valence-electron chi connectivity index (χ3n) is 5.56. The first-order valence-corrected chi connectivity index (χ1v) is 7.02. The summed E-state index contributed by atoms with van der Waals surface area (Å²) in [6.45, 7) is 8.93. The molecule has 0 aromatic carbocycles. The first-order chi connectivity index (χ1) is 9.10. The molecule has 5 atom stereocenters. The third kappa shape index (κ3) is 1.96. The van der Waals surface area contributed by atoms with E-state index in [1.807, 2.05) is 6.92 Å². The largest absolute Gasteiger partial charge is 0.390 e. The monoisotopic (exact) mass is 284 g/mol. The van der Waals surface area contributed by atoms with Crippen LogP contribution in [-0.2, 0) is 9.68 Å². The van der Waals surface area contributed by atoms with E-state index in [1.165, 1.54) is 0 Å². The molecule has 5 unspecified atom stereocenters. The van der Waals surface area contributed by atoms with E-state index in [0.717, 1.165) is 0 Å². The molecular weight excluding hydrogens is 260 g/mol. The summed E-state index contributed by atoms with van der Waals surface area (Å²) >= 11 is 0. The van der Waals surface area contributed by atoms with Crippen LogP contribution in [0.3, 0.4) is 0 Å². The van der Waals surface area contributed by atoms with E-state index in [4.69, 9.17) is 0 Å². The summed E-state index contributed by atoms with van der Waals surface area (Å²) in [5.74, 6) is -0.557. The smallest absolute Gasteiger partial charge is 0.182 e. The molecule has 5 nitrogen and oxygen atoms in total. The van der Waals surface area contributed by atoms with Crippen molar-refractivity contribution in [2.24, 2.45) is 11.3 Å². The van der Waals surface area contributed by atoms with E-state index in [2.05, 4.69) is 11.5 Å². The first kappa shape index (κ1) is 15.6. The van der Waals surface area contributed by atoms with E-state index in [-0.39, 0.29) is 24.5 Å². The zero-order valence-corrected chi connectivity index (χ0v) is 12.3. The summed E-state index contributed by atoms with van der Waals surface area (Å²) in [5.41, 5.74) is -2.75. The number of carbonyl (C=O) groups excluding carboxylic acids is 1. The lowest BCUT2D eigenvalue weighted by Crippen LogP contribution is -2.64. The van der Waals surface area contributed by atoms with Gasteiger partial charge in [-0.05, 0) is 50.0 Å². The summed E-state index contributed by atoms with van der Waals surface area (Å²) < 4.78 is 0. The molecule has 0 bridgehead atoms. The highest BCUT2D eigenvalue weighted by Crippen LogP contribution is 2.56. The Labute approximate surface area is 119 Å². The molecule has 3 N–H and O–H groups in total. The molecule has 2 aliphatic carbocycles. The zero-order valence-electron chi connectivity index (χ0n) is 12.3. The molecule has 2 aliphatic rings. The Hall–Kier alpha value is -0.750. The standard InChI is InChI=1S/C15H24O5/c1-9(2)15(20-19)7-10-13(3,8-12(15)17)6-5-11(16)14(10,4)18/h10-11,16,18-19H,1,5-8H2,2-4H3. The SMILES string of the molecule is C=C(C)C1(OO)CC2C(C)(CCC(O)C2(C)O)CC1=O. The summed E-state index contributed by atoms with van der Waals surface area (Å²) in [4.78, 5) is 17.0. The van der Waals surface area contributed by atoms with E-state index in [9.17, 15) is 20.3 Å². The molecule has 2 saturated carbocycles. The fourth-order valence-electron chi connectivity index (χ4n) is 4.02. The van der Waals surface area contributed by atoms with Gasteiger partial charge in [0.1, 0.15) is 0 Å². The van der Waals surface area contributed by atoms with Gasteiger partial charge in [0.25, 0.3) is 0 Å². The van der Waals surface area contributed by atoms with Crippen LogP contribution < -0.4 is 0 Å². The maximum atomic E-state index is 12.5. The number of hydrogen-bond acceptors (Lipinski definition) is 5. The topological polar surface area (TPSA) is 87.0 Å². The second kappa shape index (κ2) is 4.63. The number of Topliss-reactive ketones (excluding diaryl/α,β-unsaturated/α-hetero) is 1. The van der Waals surface area contributed by atoms with Crippen LogP contribution in [0, 0.1) is 11.3 Å². The van der Waals surface area contributed by atoms with Gasteiger partial charge in [-0.3, -0.25) is 10.1 Å². The van der Waals surface area contributed by atoms with Gasteiger partial charge in [-0.1, -0.05) is 13.5 Å². The molecule has 2 fully saturated rings. The molecule has 2 rings (SSSR count). The Bertz CT molecular complexity index is 444. The fraction of sp³-hybridized carbons (Fsp3) is 0.800. The Morgan fingerprint density at radius 2 is 2.05 bits per heavy atom. The van der Waals surface area contributed by atoms with Crippen LogP contribution in [0.15, 0.2) is 12.2 Å². The summed E-state index contributed by atoms with van der Waals surface area (Å²) in [6.07, 6.45) is 0.632. The second-order valence-corrected chi connectivity index (χ2v) is 6.99. The minimum absolute atomic E-state index is 0.137. The van der Waals surface area contributed by atoms with Crippen LogP contribution in [0.2, 0.25) is 0 Å². The molecule has 20 heavy (non-hydrogen) atoms. The van der Waals surface area contributed by atoms with Gasteiger partial charge in [-0.2, -0.15) is 0 Å². The number of aliphatic hydroxyl groups excluding tert-OH is 1. The third-order valence-corrected chi connectivity index (χ3v) is 5.56. The van der Waals surface area contributed by atoms with Crippen molar-refractivity contribution >= 4 is 5.78 Å². The molecular formula is C15H24O5. The van der Waals surface area contributed by atoms with Crippen LogP contribution in [0.5, 0.6) is 0 Å². The van der Waals surface area contributed by atoms with Crippen molar-refractivity contribution in [3.63, 3.8) is 0 Å². The van der Waals surface area contributed by atoms with Crippen LogP contribution in [-0.4, -0.2) is 38.6 Å². The van der Waals surface area contributed by atoms with Gasteiger partial charge < -0.3 is 10.2 Å². The van der Waals surface area contributed by atoms with Gasteiger partial charge in [-0.25, -0.2) is 4.89 Å². The average molecular weight is 284 g/mol. The normalized spacial score (nSPS) is 48.8. The lowest BCUT2D eigenvalue weighted by atomic mass is 9.51. The Kier molecular flexibility index (Phi) is 3.62. The summed E-state index contributed by atoms with van der Waals surface area (Å²) in [5, 5.41) is 30.0. The van der Waals surface area contributed by atoms with Crippen LogP contribution in [0.25, 0.3) is 0 Å². The molecule has 5 heteroatoms. The Balaban J connectivity index is 2.46. The fourth-order valence-corrected chi connectivity index (χ4v) is 4.02. The van der Waals surface area contributed by atoms with Crippen molar-refractivity contribution < 1.29 is 25.2 Å². The Morgan fingerprint density at radius 3 is 2.55 bits per heavy atom. The number of hydrogen-bond donors (Lipinski definition) is 3. The van der Waals surface area contributed by atoms with Gasteiger partial charge in [0.15, 0.2) is 11.4 Å². The predicted molar refractivity (Wildman–Crippen MR) is 73.0 cm³/mol. The first-order valence-electron chi connectivity index (χ1n) is 7.02. The molecule has 0 amide bonds. The van der Waals surface area contributed by atoms with Crippen molar-refractivity contribution in [3.8, 4) is 0 Å². The van der Waals surface area contributed by atoms with E-state index in [0.29, 0.717) is 18.4 Å². The molecule has 114 valence electrons. The van der Waals surface area contributed by atoms with Crippen molar-refractivity contribution in [3.05, 3.63) is 12.2 Å². The number of carbonyl (C=O) groups is 1. The van der Waals surface area contributed by atoms with E-state index >= 15 is 0 Å². The highest BCUT2D eigenvalue weighted by molar-refractivity contribution is 5.92. The van der Waals surface area contributed by atoms with Crippen LogP contribution in [0.4, 0.5) is 0 Å². The van der Waals surface area contributed by atoms with Gasteiger partial charge in [0, 0.05) is 6.42 Å². The molecule has 0 saturated heterocycles.